The molecule has 5 aliphatic carbocycles. The van der Waals surface area contributed by atoms with Crippen LogP contribution < -0.4 is 0 Å². The predicted molar refractivity (Wildman–Crippen MR) is 182 cm³/mol. The molecule has 0 aromatic carbocycles. The lowest BCUT2D eigenvalue weighted by molar-refractivity contribution is -0.0624. The Labute approximate surface area is 259 Å². The van der Waals surface area contributed by atoms with Crippen molar-refractivity contribution in [3.8, 4) is 0 Å². The summed E-state index contributed by atoms with van der Waals surface area (Å²) in [5, 5.41) is 18.7. The first-order chi connectivity index (χ1) is 19.0. The van der Waals surface area contributed by atoms with E-state index in [2.05, 4.69) is 69.2 Å². The Bertz CT molecular complexity index is 617. The normalized spacial score (nSPS) is 26.0. The monoisotopic (exact) mass is 579 g/mol. The van der Waals surface area contributed by atoms with Crippen LogP contribution in [0.1, 0.15) is 185 Å². The van der Waals surface area contributed by atoms with Crippen LogP contribution in [0.4, 0.5) is 0 Å². The fourth-order valence-corrected chi connectivity index (χ4v) is 6.52. The van der Waals surface area contributed by atoms with Gasteiger partial charge in [-0.3, -0.25) is 0 Å². The predicted octanol–water partition coefficient (Wildman–Crippen LogP) is 11.9. The summed E-state index contributed by atoms with van der Waals surface area (Å²) in [6, 6.07) is 0. The van der Waals surface area contributed by atoms with Crippen molar-refractivity contribution >= 4 is 0 Å². The minimum atomic E-state index is -0.320. The molecule has 2 N–H and O–H groups in total. The lowest BCUT2D eigenvalue weighted by Gasteiger charge is -2.41. The summed E-state index contributed by atoms with van der Waals surface area (Å²) in [5.74, 6) is 8.41. The molecule has 0 aromatic rings. The molecular formula is C39H78O2. The van der Waals surface area contributed by atoms with E-state index >= 15 is 0 Å². The quantitative estimate of drug-likeness (QED) is 0.256. The number of hydrogen-bond donors (Lipinski definition) is 2. The lowest BCUT2D eigenvalue weighted by Crippen LogP contribution is -2.41. The second-order valence-corrected chi connectivity index (χ2v) is 17.6. The van der Waals surface area contributed by atoms with Crippen molar-refractivity contribution in [2.24, 2.45) is 53.3 Å². The third-order valence-corrected chi connectivity index (χ3v) is 9.26. The zero-order valence-corrected chi connectivity index (χ0v) is 30.1. The minimum Gasteiger partial charge on any atom is -0.390 e. The lowest BCUT2D eigenvalue weighted by atomic mass is 9.69. The van der Waals surface area contributed by atoms with Crippen molar-refractivity contribution in [2.75, 3.05) is 0 Å². The van der Waals surface area contributed by atoms with Crippen LogP contribution >= 0.6 is 0 Å². The Morgan fingerprint density at radius 1 is 0.537 bits per heavy atom. The maximum atomic E-state index is 9.40. The third-order valence-electron chi connectivity index (χ3n) is 9.26. The zero-order valence-electron chi connectivity index (χ0n) is 30.1. The molecule has 0 amide bonds. The molecule has 0 aliphatic heterocycles. The summed E-state index contributed by atoms with van der Waals surface area (Å²) in [4.78, 5) is 0. The summed E-state index contributed by atoms with van der Waals surface area (Å²) in [7, 11) is 0. The van der Waals surface area contributed by atoms with E-state index in [1.54, 1.807) is 0 Å². The Morgan fingerprint density at radius 2 is 0.951 bits per heavy atom. The van der Waals surface area contributed by atoms with E-state index in [-0.39, 0.29) is 11.2 Å². The van der Waals surface area contributed by atoms with Gasteiger partial charge in [0.25, 0.3) is 0 Å². The van der Waals surface area contributed by atoms with Crippen molar-refractivity contribution in [3.05, 3.63) is 0 Å². The van der Waals surface area contributed by atoms with Gasteiger partial charge in [-0.2, -0.15) is 0 Å². The van der Waals surface area contributed by atoms with Crippen molar-refractivity contribution < 1.29 is 10.2 Å². The van der Waals surface area contributed by atoms with Crippen LogP contribution in [0.2, 0.25) is 0 Å². The van der Waals surface area contributed by atoms with E-state index in [0.717, 1.165) is 79.4 Å². The molecule has 5 fully saturated rings. The van der Waals surface area contributed by atoms with E-state index in [1.165, 1.54) is 77.0 Å². The SMILES string of the molecule is CC(C)CC1(O)CC1.CC(C)CC1CC(C)(O)C1.CC(C)CC1CC1.CC(C)CC1CCC1.CC(C)CCC1CC1. The van der Waals surface area contributed by atoms with Gasteiger partial charge < -0.3 is 10.2 Å². The largest absolute Gasteiger partial charge is 0.390 e. The number of aliphatic hydroxyl groups is 2. The molecule has 0 atom stereocenters. The highest BCUT2D eigenvalue weighted by molar-refractivity contribution is 4.93. The van der Waals surface area contributed by atoms with E-state index in [9.17, 15) is 10.2 Å². The first-order valence-electron chi connectivity index (χ1n) is 18.4. The molecule has 0 aromatic heterocycles. The van der Waals surface area contributed by atoms with Crippen LogP contribution in [-0.4, -0.2) is 21.4 Å². The van der Waals surface area contributed by atoms with Gasteiger partial charge in [-0.15, -0.1) is 0 Å². The molecule has 0 unspecified atom stereocenters. The average Bonchev–Trinajstić information content (AvgIpc) is 3.63. The van der Waals surface area contributed by atoms with Crippen molar-refractivity contribution in [3.63, 3.8) is 0 Å². The Balaban J connectivity index is 0.000000257. The van der Waals surface area contributed by atoms with Gasteiger partial charge in [0.2, 0.25) is 0 Å². The molecule has 41 heavy (non-hydrogen) atoms. The molecule has 0 saturated heterocycles. The second-order valence-electron chi connectivity index (χ2n) is 17.6. The summed E-state index contributed by atoms with van der Waals surface area (Å²) < 4.78 is 0. The average molecular weight is 579 g/mol. The third kappa shape index (κ3) is 24.0. The summed E-state index contributed by atoms with van der Waals surface area (Å²) in [6.07, 6.45) is 22.9. The van der Waals surface area contributed by atoms with Gasteiger partial charge >= 0.3 is 0 Å². The van der Waals surface area contributed by atoms with Gasteiger partial charge in [-0.1, -0.05) is 127 Å². The molecule has 0 heterocycles. The molecule has 5 rings (SSSR count). The summed E-state index contributed by atoms with van der Waals surface area (Å²) in [6.45, 7) is 24.6. The van der Waals surface area contributed by atoms with Crippen LogP contribution in [0.5, 0.6) is 0 Å². The van der Waals surface area contributed by atoms with E-state index in [4.69, 9.17) is 0 Å². The van der Waals surface area contributed by atoms with E-state index in [0.29, 0.717) is 5.92 Å². The molecule has 2 heteroatoms. The highest BCUT2D eigenvalue weighted by atomic mass is 16.3. The summed E-state index contributed by atoms with van der Waals surface area (Å²) in [5.41, 5.74) is -0.548. The fourth-order valence-electron chi connectivity index (χ4n) is 6.52. The van der Waals surface area contributed by atoms with E-state index < -0.39 is 0 Å². The topological polar surface area (TPSA) is 40.5 Å². The number of hydrogen-bond acceptors (Lipinski definition) is 2. The standard InChI is InChI=1S/C9H18O.2C8H16.C7H14O.C7H14/c1-7(2)4-8-5-9(3,10)6-8;1-7(2)3-4-8-5-6-8;1-7(2)6-8-4-3-5-8;1-6(2)5-7(8)3-4-7;1-6(2)5-7-3-4-7/h7-8,10H,4-6H2,1-3H3;2*7-8H,3-6H2,1-2H3;6,8H,3-5H2,1-2H3;6-7H,3-5H2,1-2H3. The second kappa shape index (κ2) is 19.3. The highest BCUT2D eigenvalue weighted by Gasteiger charge is 2.40. The Hall–Kier alpha value is -0.0800. The van der Waals surface area contributed by atoms with Gasteiger partial charge in [0.05, 0.1) is 11.2 Å². The maximum absolute atomic E-state index is 9.40. The van der Waals surface area contributed by atoms with Crippen LogP contribution in [0.15, 0.2) is 0 Å². The van der Waals surface area contributed by atoms with Crippen LogP contribution in [-0.2, 0) is 0 Å². The molecule has 5 aliphatic rings. The van der Waals surface area contributed by atoms with Crippen molar-refractivity contribution in [1.29, 1.82) is 0 Å². The van der Waals surface area contributed by atoms with Crippen LogP contribution in [0.25, 0.3) is 0 Å². The van der Waals surface area contributed by atoms with Gasteiger partial charge in [0.1, 0.15) is 0 Å². The molecule has 0 bridgehead atoms. The molecule has 0 radical (unpaired) electrons. The molecule has 5 saturated carbocycles. The first-order valence-corrected chi connectivity index (χ1v) is 18.4. The molecular weight excluding hydrogens is 500 g/mol. The first kappa shape index (κ1) is 38.9. The van der Waals surface area contributed by atoms with Gasteiger partial charge in [-0.05, 0) is 112 Å². The maximum Gasteiger partial charge on any atom is 0.0652 e. The van der Waals surface area contributed by atoms with Crippen LogP contribution in [0, 0.1) is 53.3 Å². The van der Waals surface area contributed by atoms with E-state index in [1.807, 2.05) is 6.92 Å². The Morgan fingerprint density at radius 3 is 1.17 bits per heavy atom. The highest BCUT2D eigenvalue weighted by Crippen LogP contribution is 2.41. The molecule has 2 nitrogen and oxygen atoms in total. The van der Waals surface area contributed by atoms with Crippen molar-refractivity contribution in [1.82, 2.24) is 0 Å². The summed E-state index contributed by atoms with van der Waals surface area (Å²) >= 11 is 0. The van der Waals surface area contributed by atoms with Gasteiger partial charge in [-0.25, -0.2) is 0 Å². The number of rotatable bonds is 11. The van der Waals surface area contributed by atoms with Crippen molar-refractivity contribution in [2.45, 2.75) is 197 Å². The smallest absolute Gasteiger partial charge is 0.0652 e. The minimum absolute atomic E-state index is 0.228. The molecule has 0 spiro atoms. The van der Waals surface area contributed by atoms with Gasteiger partial charge in [0, 0.05) is 0 Å². The molecule has 246 valence electrons. The zero-order chi connectivity index (χ0) is 31.2. The van der Waals surface area contributed by atoms with Gasteiger partial charge in [0.15, 0.2) is 0 Å². The fraction of sp³-hybridized carbons (Fsp3) is 1.00. The Kier molecular flexibility index (Phi) is 18.4. The van der Waals surface area contributed by atoms with Crippen LogP contribution in [0.3, 0.4) is 0 Å².